The van der Waals surface area contributed by atoms with Crippen molar-refractivity contribution in [2.75, 3.05) is 25.5 Å². The number of rotatable bonds is 8. The van der Waals surface area contributed by atoms with Crippen molar-refractivity contribution in [3.8, 4) is 5.75 Å². The lowest BCUT2D eigenvalue weighted by Gasteiger charge is -2.10. The molecule has 0 aliphatic rings. The number of amides is 1. The molecule has 0 aliphatic heterocycles. The molecule has 0 fully saturated rings. The number of methoxy groups -OCH3 is 1. The number of ether oxygens (including phenoxy) is 1. The lowest BCUT2D eigenvalue weighted by Crippen LogP contribution is -2.27. The van der Waals surface area contributed by atoms with Gasteiger partial charge in [0.05, 0.1) is 17.2 Å². The van der Waals surface area contributed by atoms with Crippen LogP contribution in [0.3, 0.4) is 0 Å². The fourth-order valence-corrected chi connectivity index (χ4v) is 2.56. The molecule has 24 heavy (non-hydrogen) atoms. The summed E-state index contributed by atoms with van der Waals surface area (Å²) < 4.78 is 5.29. The Kier molecular flexibility index (Phi) is 7.22. The molecule has 0 saturated carbocycles. The van der Waals surface area contributed by atoms with Gasteiger partial charge in [-0.2, -0.15) is 0 Å². The third-order valence-electron chi connectivity index (χ3n) is 3.51. The number of hydrogen-bond donors (Lipinski definition) is 2. The summed E-state index contributed by atoms with van der Waals surface area (Å²) >= 11 is 11.8. The number of hydrogen-bond acceptors (Lipinski definition) is 3. The third kappa shape index (κ3) is 5.62. The number of nitrogens with one attached hydrogen (secondary N) is 2. The maximum Gasteiger partial charge on any atom is 0.221 e. The zero-order chi connectivity index (χ0) is 17.4. The van der Waals surface area contributed by atoms with E-state index in [9.17, 15) is 4.79 Å². The highest BCUT2D eigenvalue weighted by atomic mass is 35.5. The van der Waals surface area contributed by atoms with Gasteiger partial charge in [-0.1, -0.05) is 41.4 Å². The fraction of sp³-hybridized carbons (Fsp3) is 0.278. The van der Waals surface area contributed by atoms with Crippen LogP contribution in [-0.2, 0) is 11.2 Å². The Morgan fingerprint density at radius 3 is 2.62 bits per heavy atom. The van der Waals surface area contributed by atoms with Crippen molar-refractivity contribution in [3.63, 3.8) is 0 Å². The lowest BCUT2D eigenvalue weighted by atomic mass is 10.1. The van der Waals surface area contributed by atoms with Crippen molar-refractivity contribution < 1.29 is 9.53 Å². The van der Waals surface area contributed by atoms with Gasteiger partial charge in [-0.15, -0.1) is 0 Å². The standard InChI is InChI=1S/C18H20Cl2N2O2/c1-24-17-5-3-2-4-13(17)8-10-22-18(23)9-11-21-14-6-7-15(19)16(20)12-14/h2-7,12,21H,8-11H2,1H3,(H,22,23). The molecule has 128 valence electrons. The molecule has 0 heterocycles. The zero-order valence-corrected chi connectivity index (χ0v) is 15.0. The Morgan fingerprint density at radius 2 is 1.88 bits per heavy atom. The Bertz CT molecular complexity index is 692. The van der Waals surface area contributed by atoms with Crippen LogP contribution < -0.4 is 15.4 Å². The topological polar surface area (TPSA) is 50.4 Å². The summed E-state index contributed by atoms with van der Waals surface area (Å²) in [6, 6.07) is 13.1. The highest BCUT2D eigenvalue weighted by Crippen LogP contribution is 2.24. The number of halogens is 2. The first kappa shape index (κ1) is 18.4. The van der Waals surface area contributed by atoms with Gasteiger partial charge in [0.2, 0.25) is 5.91 Å². The van der Waals surface area contributed by atoms with E-state index < -0.39 is 0 Å². The molecule has 0 unspecified atom stereocenters. The first-order valence-corrected chi connectivity index (χ1v) is 8.43. The van der Waals surface area contributed by atoms with Gasteiger partial charge in [0.25, 0.3) is 0 Å². The molecule has 0 saturated heterocycles. The Morgan fingerprint density at radius 1 is 1.08 bits per heavy atom. The average molecular weight is 367 g/mol. The highest BCUT2D eigenvalue weighted by Gasteiger charge is 2.04. The van der Waals surface area contributed by atoms with Gasteiger partial charge >= 0.3 is 0 Å². The molecule has 2 aromatic carbocycles. The normalized spacial score (nSPS) is 10.3. The van der Waals surface area contributed by atoms with Crippen molar-refractivity contribution in [1.82, 2.24) is 5.32 Å². The molecule has 0 bridgehead atoms. The monoisotopic (exact) mass is 366 g/mol. The van der Waals surface area contributed by atoms with Gasteiger partial charge in [0.15, 0.2) is 0 Å². The number of anilines is 1. The molecule has 1 amide bonds. The average Bonchev–Trinajstić information content (AvgIpc) is 2.58. The van der Waals surface area contributed by atoms with E-state index in [0.717, 1.165) is 23.4 Å². The number of carbonyl (C=O) groups is 1. The van der Waals surface area contributed by atoms with E-state index in [2.05, 4.69) is 10.6 Å². The summed E-state index contributed by atoms with van der Waals surface area (Å²) in [5, 5.41) is 7.05. The van der Waals surface area contributed by atoms with Crippen LogP contribution in [0, 0.1) is 0 Å². The van der Waals surface area contributed by atoms with Crippen LogP contribution in [0.25, 0.3) is 0 Å². The van der Waals surface area contributed by atoms with E-state index in [1.165, 1.54) is 0 Å². The van der Waals surface area contributed by atoms with E-state index in [1.807, 2.05) is 30.3 Å². The SMILES string of the molecule is COc1ccccc1CCNC(=O)CCNc1ccc(Cl)c(Cl)c1. The van der Waals surface area contributed by atoms with E-state index in [1.54, 1.807) is 19.2 Å². The lowest BCUT2D eigenvalue weighted by molar-refractivity contribution is -0.120. The predicted molar refractivity (Wildman–Crippen MR) is 99.3 cm³/mol. The van der Waals surface area contributed by atoms with Crippen molar-refractivity contribution >= 4 is 34.8 Å². The van der Waals surface area contributed by atoms with Gasteiger partial charge in [-0.05, 0) is 36.2 Å². The quantitative estimate of drug-likeness (QED) is 0.737. The van der Waals surface area contributed by atoms with Gasteiger partial charge in [-0.25, -0.2) is 0 Å². The summed E-state index contributed by atoms with van der Waals surface area (Å²) in [7, 11) is 1.64. The minimum atomic E-state index is -0.00235. The molecule has 2 rings (SSSR count). The third-order valence-corrected chi connectivity index (χ3v) is 4.25. The second kappa shape index (κ2) is 9.40. The zero-order valence-electron chi connectivity index (χ0n) is 13.4. The second-order valence-electron chi connectivity index (χ2n) is 5.22. The van der Waals surface area contributed by atoms with Crippen molar-refractivity contribution in [1.29, 1.82) is 0 Å². The fourth-order valence-electron chi connectivity index (χ4n) is 2.26. The Hall–Kier alpha value is -1.91. The van der Waals surface area contributed by atoms with Crippen LogP contribution >= 0.6 is 23.2 Å². The van der Waals surface area contributed by atoms with E-state index in [4.69, 9.17) is 27.9 Å². The molecular weight excluding hydrogens is 347 g/mol. The maximum absolute atomic E-state index is 11.9. The van der Waals surface area contributed by atoms with Crippen molar-refractivity contribution in [2.45, 2.75) is 12.8 Å². The second-order valence-corrected chi connectivity index (χ2v) is 6.03. The minimum absolute atomic E-state index is 0.00235. The Balaban J connectivity index is 1.69. The van der Waals surface area contributed by atoms with Crippen molar-refractivity contribution in [2.24, 2.45) is 0 Å². The Labute approximate surface area is 152 Å². The minimum Gasteiger partial charge on any atom is -0.496 e. The largest absolute Gasteiger partial charge is 0.496 e. The van der Waals surface area contributed by atoms with Gasteiger partial charge < -0.3 is 15.4 Å². The molecular formula is C18H20Cl2N2O2. The van der Waals surface area contributed by atoms with Crippen LogP contribution in [0.5, 0.6) is 5.75 Å². The van der Waals surface area contributed by atoms with Crippen molar-refractivity contribution in [3.05, 3.63) is 58.1 Å². The molecule has 0 aromatic heterocycles. The summed E-state index contributed by atoms with van der Waals surface area (Å²) in [5.41, 5.74) is 1.92. The number of para-hydroxylation sites is 1. The summed E-state index contributed by atoms with van der Waals surface area (Å²) in [5.74, 6) is 0.838. The number of carbonyl (C=O) groups excluding carboxylic acids is 1. The van der Waals surface area contributed by atoms with Gasteiger partial charge in [-0.3, -0.25) is 4.79 Å². The molecule has 2 aromatic rings. The van der Waals surface area contributed by atoms with E-state index in [0.29, 0.717) is 29.6 Å². The van der Waals surface area contributed by atoms with Crippen LogP contribution in [0.15, 0.2) is 42.5 Å². The predicted octanol–water partition coefficient (Wildman–Crippen LogP) is 4.16. The smallest absolute Gasteiger partial charge is 0.221 e. The van der Waals surface area contributed by atoms with E-state index in [-0.39, 0.29) is 5.91 Å². The maximum atomic E-state index is 11.9. The van der Waals surface area contributed by atoms with E-state index >= 15 is 0 Å². The molecule has 6 heteroatoms. The van der Waals surface area contributed by atoms with Crippen LogP contribution in [0.4, 0.5) is 5.69 Å². The van der Waals surface area contributed by atoms with Crippen LogP contribution in [0.1, 0.15) is 12.0 Å². The summed E-state index contributed by atoms with van der Waals surface area (Å²) in [6.07, 6.45) is 1.11. The highest BCUT2D eigenvalue weighted by molar-refractivity contribution is 6.42. The molecule has 0 radical (unpaired) electrons. The molecule has 2 N–H and O–H groups in total. The molecule has 4 nitrogen and oxygen atoms in total. The number of benzene rings is 2. The summed E-state index contributed by atoms with van der Waals surface area (Å²) in [6.45, 7) is 1.10. The summed E-state index contributed by atoms with van der Waals surface area (Å²) in [4.78, 5) is 11.9. The first-order valence-electron chi connectivity index (χ1n) is 7.67. The van der Waals surface area contributed by atoms with Crippen LogP contribution in [0.2, 0.25) is 10.0 Å². The van der Waals surface area contributed by atoms with Crippen LogP contribution in [-0.4, -0.2) is 26.1 Å². The van der Waals surface area contributed by atoms with Gasteiger partial charge in [0.1, 0.15) is 5.75 Å². The first-order chi connectivity index (χ1) is 11.6. The molecule has 0 spiro atoms. The molecule has 0 aliphatic carbocycles. The molecule has 0 atom stereocenters. The van der Waals surface area contributed by atoms with Gasteiger partial charge in [0, 0.05) is 25.2 Å².